The van der Waals surface area contributed by atoms with E-state index < -0.39 is 0 Å². The standard InChI is InChI=1S/C14H28IN2/c1-12(2)8-13-4-6-16(9-13)10-14-5-7-17(11-14)15-3/h12-14H,4-11H2,1-3H3/q-1. The van der Waals surface area contributed by atoms with Gasteiger partial charge in [-0.2, -0.15) is 0 Å². The van der Waals surface area contributed by atoms with Crippen molar-refractivity contribution < 1.29 is 21.5 Å². The molecule has 2 aliphatic heterocycles. The second-order valence-electron chi connectivity index (χ2n) is 6.24. The van der Waals surface area contributed by atoms with E-state index >= 15 is 0 Å². The molecule has 0 amide bonds. The Bertz CT molecular complexity index is 232. The first kappa shape index (κ1) is 14.1. The quantitative estimate of drug-likeness (QED) is 0.368. The van der Waals surface area contributed by atoms with E-state index in [2.05, 4.69) is 26.8 Å². The van der Waals surface area contributed by atoms with Gasteiger partial charge in [-0.25, -0.2) is 0 Å². The summed E-state index contributed by atoms with van der Waals surface area (Å²) < 4.78 is 2.71. The van der Waals surface area contributed by atoms with Crippen LogP contribution in [0.4, 0.5) is 0 Å². The molecule has 2 atom stereocenters. The minimum atomic E-state index is 0.351. The summed E-state index contributed by atoms with van der Waals surface area (Å²) in [4.78, 5) is 5.14. The molecule has 0 bridgehead atoms. The Kier molecular flexibility index (Phi) is 5.55. The van der Waals surface area contributed by atoms with E-state index in [1.807, 2.05) is 0 Å². The van der Waals surface area contributed by atoms with Gasteiger partial charge in [0.05, 0.1) is 0 Å². The van der Waals surface area contributed by atoms with Gasteiger partial charge in [0.15, 0.2) is 0 Å². The Balaban J connectivity index is 1.68. The number of halogens is 1. The van der Waals surface area contributed by atoms with E-state index in [1.54, 1.807) is 0 Å². The molecule has 2 saturated heterocycles. The Morgan fingerprint density at radius 3 is 2.53 bits per heavy atom. The van der Waals surface area contributed by atoms with E-state index in [9.17, 15) is 0 Å². The average Bonchev–Trinajstić information content (AvgIpc) is 2.88. The molecule has 0 aromatic carbocycles. The van der Waals surface area contributed by atoms with Crippen LogP contribution in [-0.2, 0) is 0 Å². The Morgan fingerprint density at radius 1 is 1.12 bits per heavy atom. The van der Waals surface area contributed by atoms with E-state index in [0.717, 1.165) is 17.8 Å². The summed E-state index contributed by atoms with van der Waals surface area (Å²) in [6.45, 7) is 11.7. The van der Waals surface area contributed by atoms with E-state index in [4.69, 9.17) is 0 Å². The molecule has 0 N–H and O–H groups in total. The normalized spacial score (nSPS) is 32.0. The van der Waals surface area contributed by atoms with Crippen LogP contribution in [0, 0.1) is 17.8 Å². The fraction of sp³-hybridized carbons (Fsp3) is 1.00. The van der Waals surface area contributed by atoms with Crippen molar-refractivity contribution >= 4 is 0 Å². The second kappa shape index (κ2) is 6.71. The molecule has 0 saturated carbocycles. The van der Waals surface area contributed by atoms with Gasteiger partial charge in [0.2, 0.25) is 0 Å². The zero-order valence-corrected chi connectivity index (χ0v) is 13.8. The Hall–Kier alpha value is 0.650. The minimum absolute atomic E-state index is 0.351. The molecule has 2 fully saturated rings. The fourth-order valence-electron chi connectivity index (χ4n) is 3.39. The van der Waals surface area contributed by atoms with Gasteiger partial charge in [0.1, 0.15) is 0 Å². The van der Waals surface area contributed by atoms with Gasteiger partial charge in [0.25, 0.3) is 0 Å². The summed E-state index contributed by atoms with van der Waals surface area (Å²) >= 11 is 0.351. The molecule has 0 aromatic rings. The summed E-state index contributed by atoms with van der Waals surface area (Å²) in [7, 11) is 0. The molecule has 0 aliphatic carbocycles. The van der Waals surface area contributed by atoms with Gasteiger partial charge in [-0.3, -0.25) is 0 Å². The molecule has 0 radical (unpaired) electrons. The zero-order valence-electron chi connectivity index (χ0n) is 11.7. The monoisotopic (exact) mass is 351 g/mol. The van der Waals surface area contributed by atoms with Crippen LogP contribution in [0.15, 0.2) is 0 Å². The number of likely N-dealkylation sites (tertiary alicyclic amines) is 1. The topological polar surface area (TPSA) is 6.48 Å². The number of hydrogen-bond acceptors (Lipinski definition) is 2. The van der Waals surface area contributed by atoms with Crippen molar-refractivity contribution in [2.75, 3.05) is 37.7 Å². The van der Waals surface area contributed by atoms with Gasteiger partial charge in [-0.05, 0) is 0 Å². The fourth-order valence-corrected chi connectivity index (χ4v) is 5.10. The molecule has 2 nitrogen and oxygen atoms in total. The summed E-state index contributed by atoms with van der Waals surface area (Å²) in [5.41, 5.74) is 0. The molecule has 2 rings (SSSR count). The first-order chi connectivity index (χ1) is 8.17. The van der Waals surface area contributed by atoms with Crippen molar-refractivity contribution in [2.45, 2.75) is 33.1 Å². The Labute approximate surface area is 118 Å². The van der Waals surface area contributed by atoms with Crippen LogP contribution >= 0.6 is 0 Å². The summed E-state index contributed by atoms with van der Waals surface area (Å²) in [5, 5.41) is 0. The van der Waals surface area contributed by atoms with Gasteiger partial charge < -0.3 is 0 Å². The SMILES string of the molecule is C[I-]N1CCC(CN2CCC(CC(C)C)C2)C1. The van der Waals surface area contributed by atoms with Crippen LogP contribution in [0.2, 0.25) is 0 Å². The van der Waals surface area contributed by atoms with Crippen LogP contribution in [0.3, 0.4) is 0 Å². The second-order valence-corrected chi connectivity index (χ2v) is 8.57. The molecule has 102 valence electrons. The molecule has 0 spiro atoms. The predicted octanol–water partition coefficient (Wildman–Crippen LogP) is -0.690. The third kappa shape index (κ3) is 4.35. The number of alkyl halides is 1. The maximum atomic E-state index is 2.75. The summed E-state index contributed by atoms with van der Waals surface area (Å²) in [6, 6.07) is 0. The number of rotatable bonds is 5. The van der Waals surface area contributed by atoms with Crippen LogP contribution in [0.25, 0.3) is 0 Å². The third-order valence-electron chi connectivity index (χ3n) is 4.17. The van der Waals surface area contributed by atoms with E-state index in [-0.39, 0.29) is 0 Å². The van der Waals surface area contributed by atoms with Gasteiger partial charge in [-0.15, -0.1) is 0 Å². The molecular weight excluding hydrogens is 323 g/mol. The molecule has 2 unspecified atom stereocenters. The number of nitrogens with zero attached hydrogens (tertiary/aromatic N) is 2. The molecule has 2 aliphatic rings. The molecule has 17 heavy (non-hydrogen) atoms. The predicted molar refractivity (Wildman–Crippen MR) is 69.6 cm³/mol. The summed E-state index contributed by atoms with van der Waals surface area (Å²) in [6.07, 6.45) is 4.35. The number of hydrogen-bond donors (Lipinski definition) is 0. The van der Waals surface area contributed by atoms with Crippen LogP contribution in [-0.4, -0.2) is 45.7 Å². The van der Waals surface area contributed by atoms with Gasteiger partial charge >= 0.3 is 118 Å². The van der Waals surface area contributed by atoms with Crippen LogP contribution in [0.5, 0.6) is 0 Å². The van der Waals surface area contributed by atoms with Crippen molar-refractivity contribution in [3.05, 3.63) is 0 Å². The van der Waals surface area contributed by atoms with Crippen molar-refractivity contribution in [3.8, 4) is 0 Å². The van der Waals surface area contributed by atoms with Crippen molar-refractivity contribution in [1.29, 1.82) is 0 Å². The van der Waals surface area contributed by atoms with Crippen molar-refractivity contribution in [2.24, 2.45) is 17.8 Å². The maximum absolute atomic E-state index is 2.75. The van der Waals surface area contributed by atoms with Crippen molar-refractivity contribution in [1.82, 2.24) is 8.01 Å². The van der Waals surface area contributed by atoms with Crippen LogP contribution in [0.1, 0.15) is 33.1 Å². The Morgan fingerprint density at radius 2 is 1.88 bits per heavy atom. The van der Waals surface area contributed by atoms with E-state index in [1.165, 1.54) is 52.0 Å². The molecule has 3 heteroatoms. The molecule has 2 heterocycles. The zero-order chi connectivity index (χ0) is 12.3. The van der Waals surface area contributed by atoms with Gasteiger partial charge in [-0.1, -0.05) is 0 Å². The average molecular weight is 351 g/mol. The third-order valence-corrected chi connectivity index (χ3v) is 6.41. The summed E-state index contributed by atoms with van der Waals surface area (Å²) in [5.74, 6) is 2.85. The molecular formula is C14H28IN2-. The van der Waals surface area contributed by atoms with E-state index in [0.29, 0.717) is 21.5 Å². The molecule has 0 aromatic heterocycles. The first-order valence-electron chi connectivity index (χ1n) is 7.14. The van der Waals surface area contributed by atoms with Gasteiger partial charge in [0, 0.05) is 0 Å². The first-order valence-corrected chi connectivity index (χ1v) is 10.3. The van der Waals surface area contributed by atoms with Crippen molar-refractivity contribution in [3.63, 3.8) is 0 Å². The van der Waals surface area contributed by atoms with Crippen LogP contribution < -0.4 is 21.5 Å².